The summed E-state index contributed by atoms with van der Waals surface area (Å²) in [7, 11) is 0. The van der Waals surface area contributed by atoms with Crippen LogP contribution in [0, 0.1) is 0 Å². The average molecular weight is 842 g/mol. The van der Waals surface area contributed by atoms with E-state index in [4.69, 9.17) is 16.3 Å². The third kappa shape index (κ3) is 9.45. The molecule has 3 aliphatic rings. The van der Waals surface area contributed by atoms with Gasteiger partial charge in [0.2, 0.25) is 5.91 Å². The number of carboxylic acid groups (broad SMARTS) is 1. The Balaban J connectivity index is 1.40. The number of hydrogen-bond donors (Lipinski definition) is 2. The molecule has 12 nitrogen and oxygen atoms in total. The Labute approximate surface area is 338 Å². The zero-order valence-corrected chi connectivity index (χ0v) is 33.9. The van der Waals surface area contributed by atoms with Gasteiger partial charge in [-0.2, -0.15) is 22.0 Å². The Hall–Kier alpha value is -4.67. The molecule has 0 aromatic heterocycles. The summed E-state index contributed by atoms with van der Waals surface area (Å²) in [5, 5.41) is 12.9. The van der Waals surface area contributed by atoms with Crippen molar-refractivity contribution in [3.63, 3.8) is 0 Å². The number of amides is 5. The van der Waals surface area contributed by atoms with Crippen LogP contribution in [0.3, 0.4) is 0 Å². The minimum atomic E-state index is -5.08. The van der Waals surface area contributed by atoms with Gasteiger partial charge in [-0.25, -0.2) is 4.79 Å². The number of piperidine rings is 1. The van der Waals surface area contributed by atoms with Gasteiger partial charge in [0.25, 0.3) is 17.7 Å². The summed E-state index contributed by atoms with van der Waals surface area (Å²) in [6.45, 7) is 8.61. The summed E-state index contributed by atoms with van der Waals surface area (Å²) in [6.07, 6.45) is -7.27. The monoisotopic (exact) mass is 841 g/mol. The Morgan fingerprint density at radius 3 is 2.19 bits per heavy atom. The van der Waals surface area contributed by atoms with Crippen molar-refractivity contribution in [2.45, 2.75) is 121 Å². The van der Waals surface area contributed by atoms with Gasteiger partial charge >= 0.3 is 18.7 Å². The number of nitrogens with zero attached hydrogens (tertiary/aromatic N) is 4. The normalized spacial score (nSPS) is 19.4. The maximum atomic E-state index is 14.7. The fourth-order valence-electron chi connectivity index (χ4n) is 7.82. The number of anilines is 1. The van der Waals surface area contributed by atoms with Gasteiger partial charge < -0.3 is 34.8 Å². The van der Waals surface area contributed by atoms with Gasteiger partial charge in [-0.3, -0.25) is 19.2 Å². The van der Waals surface area contributed by atoms with Gasteiger partial charge in [0, 0.05) is 49.3 Å². The molecular weight excluding hydrogens is 793 g/mol. The van der Waals surface area contributed by atoms with Crippen molar-refractivity contribution in [3.05, 3.63) is 58.1 Å². The van der Waals surface area contributed by atoms with Crippen LogP contribution < -0.4 is 15.0 Å². The van der Waals surface area contributed by atoms with E-state index in [2.05, 4.69) is 0 Å². The summed E-state index contributed by atoms with van der Waals surface area (Å²) in [5.74, 6) is -3.93. The minimum Gasteiger partial charge on any atom is -0.476 e. The molecule has 0 spiro atoms. The summed E-state index contributed by atoms with van der Waals surface area (Å²) in [4.78, 5) is 71.2. The van der Waals surface area contributed by atoms with Crippen LogP contribution in [0.4, 0.5) is 32.4 Å². The van der Waals surface area contributed by atoms with E-state index >= 15 is 0 Å². The lowest BCUT2D eigenvalue weighted by atomic mass is 9.83. The fraction of sp³-hybridized carbons (Fsp3) is 0.575. The number of nitrogens with one attached hydrogen (secondary N) is 1. The first-order valence-corrected chi connectivity index (χ1v) is 19.5. The van der Waals surface area contributed by atoms with E-state index < -0.39 is 95.5 Å². The highest BCUT2D eigenvalue weighted by atomic mass is 35.5. The Morgan fingerprint density at radius 1 is 1.02 bits per heavy atom. The molecule has 5 amide bonds. The van der Waals surface area contributed by atoms with E-state index in [0.717, 1.165) is 29.4 Å². The molecule has 0 radical (unpaired) electrons. The number of alkyl halides is 5. The average Bonchev–Trinajstić information content (AvgIpc) is 3.98. The molecule has 1 aliphatic carbocycles. The van der Waals surface area contributed by atoms with Crippen molar-refractivity contribution in [1.82, 2.24) is 20.0 Å². The van der Waals surface area contributed by atoms with Crippen LogP contribution in [-0.2, 0) is 26.0 Å². The largest absolute Gasteiger partial charge is 0.476 e. The topological polar surface area (TPSA) is 140 Å². The predicted molar refractivity (Wildman–Crippen MR) is 204 cm³/mol. The molecule has 2 aromatic carbocycles. The van der Waals surface area contributed by atoms with Gasteiger partial charge in [-0.05, 0) is 103 Å². The number of fused-ring (bicyclic) bond motifs is 1. The highest BCUT2D eigenvalue weighted by Crippen LogP contribution is 2.45. The summed E-state index contributed by atoms with van der Waals surface area (Å²) in [6, 6.07) is 6.41. The second kappa shape index (κ2) is 16.9. The van der Waals surface area contributed by atoms with E-state index in [1.54, 1.807) is 43.0 Å². The van der Waals surface area contributed by atoms with Crippen LogP contribution in [0.1, 0.15) is 95.1 Å². The van der Waals surface area contributed by atoms with Gasteiger partial charge in [-0.1, -0.05) is 23.7 Å². The van der Waals surface area contributed by atoms with Crippen molar-refractivity contribution in [3.8, 4) is 5.75 Å². The minimum absolute atomic E-state index is 0.0151. The molecule has 318 valence electrons. The number of hydrogen-bond acceptors (Lipinski definition) is 6. The van der Waals surface area contributed by atoms with Crippen LogP contribution in [-0.4, -0.2) is 112 Å². The first kappa shape index (κ1) is 44.4. The molecule has 2 heterocycles. The molecule has 2 aliphatic heterocycles. The molecule has 1 saturated carbocycles. The first-order chi connectivity index (χ1) is 26.9. The predicted octanol–water partition coefficient (Wildman–Crippen LogP) is 6.96. The van der Waals surface area contributed by atoms with E-state index in [-0.39, 0.29) is 43.6 Å². The maximum absolute atomic E-state index is 14.7. The quantitative estimate of drug-likeness (QED) is 0.208. The molecule has 0 unspecified atom stereocenters. The van der Waals surface area contributed by atoms with Crippen molar-refractivity contribution in [1.29, 1.82) is 0 Å². The van der Waals surface area contributed by atoms with Gasteiger partial charge in [0.15, 0.2) is 5.60 Å². The van der Waals surface area contributed by atoms with Crippen LogP contribution >= 0.6 is 11.6 Å². The van der Waals surface area contributed by atoms with Gasteiger partial charge in [0.1, 0.15) is 5.75 Å². The lowest BCUT2D eigenvalue weighted by Gasteiger charge is -2.45. The molecule has 58 heavy (non-hydrogen) atoms. The summed E-state index contributed by atoms with van der Waals surface area (Å²) >= 11 is 6.07. The summed E-state index contributed by atoms with van der Waals surface area (Å²) < 4.78 is 75.6. The zero-order valence-electron chi connectivity index (χ0n) is 33.2. The Morgan fingerprint density at radius 2 is 1.64 bits per heavy atom. The van der Waals surface area contributed by atoms with E-state index in [9.17, 15) is 51.0 Å². The molecule has 1 saturated heterocycles. The second-order valence-corrected chi connectivity index (χ2v) is 16.7. The molecule has 2 fully saturated rings. The van der Waals surface area contributed by atoms with Crippen molar-refractivity contribution < 1.29 is 55.8 Å². The highest BCUT2D eigenvalue weighted by Gasteiger charge is 2.47. The molecule has 2 N–H and O–H groups in total. The standard InChI is InChI=1S/C40H49ClF5N5O7/c1-22(2)51(34(53)28-19-30-31(20-29(28)40(44,45)46)58-39(5,6)36(55)49(30)18-16-47-33(52)32(42)43)27-14-13-26(50(21-27)37(56)57)15-17-48(25-11-12-25)35(54)38(3,4)23-7-9-24(41)10-8-23/h7-10,19-20,22,25-27,32H,11-18,21H2,1-6H3,(H,47,52)(H,56,57)/t26-,27-/m1/s1. The lowest BCUT2D eigenvalue weighted by Crippen LogP contribution is -2.57. The van der Waals surface area contributed by atoms with Gasteiger partial charge in [0.05, 0.1) is 28.3 Å². The van der Waals surface area contributed by atoms with Crippen LogP contribution in [0.5, 0.6) is 5.75 Å². The number of ether oxygens (including phenoxy) is 1. The van der Waals surface area contributed by atoms with E-state index in [1.807, 2.05) is 19.2 Å². The SMILES string of the molecule is CC(C)N(C(=O)c1cc2c(cc1C(F)(F)F)OC(C)(C)C(=O)N2CCNC(=O)C(F)F)[C@@H]1CC[C@H](CCN(C(=O)C(C)(C)c2ccc(Cl)cc2)C2CC2)N(C(=O)O)C1. The van der Waals surface area contributed by atoms with E-state index in [0.29, 0.717) is 17.5 Å². The van der Waals surface area contributed by atoms with Crippen molar-refractivity contribution in [2.24, 2.45) is 0 Å². The smallest absolute Gasteiger partial charge is 0.417 e. The second-order valence-electron chi connectivity index (χ2n) is 16.3. The fourth-order valence-corrected chi connectivity index (χ4v) is 7.95. The molecule has 2 aromatic rings. The molecule has 2 atom stereocenters. The highest BCUT2D eigenvalue weighted by molar-refractivity contribution is 6.30. The number of halogens is 6. The summed E-state index contributed by atoms with van der Waals surface area (Å²) in [5.41, 5.74) is -4.22. The number of carbonyl (C=O) groups is 5. The molecule has 18 heteroatoms. The Kier molecular flexibility index (Phi) is 12.9. The third-order valence-corrected chi connectivity index (χ3v) is 11.3. The van der Waals surface area contributed by atoms with Crippen LogP contribution in [0.15, 0.2) is 36.4 Å². The zero-order chi connectivity index (χ0) is 43.1. The lowest BCUT2D eigenvalue weighted by molar-refractivity contribution is -0.138. The number of rotatable bonds is 13. The van der Waals surface area contributed by atoms with Crippen molar-refractivity contribution in [2.75, 3.05) is 31.1 Å². The molecule has 0 bridgehead atoms. The maximum Gasteiger partial charge on any atom is 0.417 e. The van der Waals surface area contributed by atoms with Crippen molar-refractivity contribution >= 4 is 47.0 Å². The van der Waals surface area contributed by atoms with Crippen LogP contribution in [0.25, 0.3) is 0 Å². The number of likely N-dealkylation sites (tertiary alicyclic amines) is 1. The third-order valence-electron chi connectivity index (χ3n) is 11.0. The first-order valence-electron chi connectivity index (χ1n) is 19.2. The Bertz CT molecular complexity index is 1900. The van der Waals surface area contributed by atoms with Gasteiger partial charge in [-0.15, -0.1) is 0 Å². The van der Waals surface area contributed by atoms with Crippen LogP contribution in [0.2, 0.25) is 5.02 Å². The van der Waals surface area contributed by atoms with E-state index in [1.165, 1.54) is 23.6 Å². The molecule has 5 rings (SSSR count). The molecular formula is C40H49ClF5N5O7. The number of benzene rings is 2. The number of carbonyl (C=O) groups excluding carboxylic acids is 4.